The molecule has 1 heterocycles. The molecule has 4 nitrogen and oxygen atoms in total. The molecule has 0 bridgehead atoms. The molecule has 0 saturated heterocycles. The van der Waals surface area contributed by atoms with Gasteiger partial charge in [-0.2, -0.15) is 4.31 Å². The highest BCUT2D eigenvalue weighted by molar-refractivity contribution is 9.11. The Balaban J connectivity index is 3.03. The van der Waals surface area contributed by atoms with E-state index < -0.39 is 10.0 Å². The average molecular weight is 381 g/mol. The highest BCUT2D eigenvalue weighted by atomic mass is 79.9. The summed E-state index contributed by atoms with van der Waals surface area (Å²) in [6.45, 7) is 11.0. The molecule has 0 spiro atoms. The third-order valence-corrected chi connectivity index (χ3v) is 6.89. The van der Waals surface area contributed by atoms with E-state index in [4.69, 9.17) is 0 Å². The summed E-state index contributed by atoms with van der Waals surface area (Å²) in [5, 5.41) is 3.29. The molecule has 1 aromatic rings. The normalized spacial score (nSPS) is 12.3. The maximum atomic E-state index is 12.6. The van der Waals surface area contributed by atoms with E-state index in [2.05, 4.69) is 41.7 Å². The maximum Gasteiger partial charge on any atom is 0.245 e. The van der Waals surface area contributed by atoms with E-state index in [1.807, 2.05) is 6.92 Å². The SMILES string of the molecule is C=CCN(CC)S(=O)(=O)c1cc(CNC(C)C)sc1Br. The molecule has 1 aromatic heterocycles. The van der Waals surface area contributed by atoms with Crippen LogP contribution in [0.5, 0.6) is 0 Å². The fourth-order valence-electron chi connectivity index (χ4n) is 1.65. The molecule has 114 valence electrons. The Labute approximate surface area is 134 Å². The molecule has 0 aliphatic rings. The van der Waals surface area contributed by atoms with Crippen molar-refractivity contribution in [2.75, 3.05) is 13.1 Å². The van der Waals surface area contributed by atoms with E-state index in [-0.39, 0.29) is 0 Å². The summed E-state index contributed by atoms with van der Waals surface area (Å²) in [5.41, 5.74) is 0. The van der Waals surface area contributed by atoms with Crippen molar-refractivity contribution in [1.29, 1.82) is 0 Å². The number of halogens is 1. The third kappa shape index (κ3) is 4.39. The van der Waals surface area contributed by atoms with Gasteiger partial charge in [0.25, 0.3) is 0 Å². The van der Waals surface area contributed by atoms with Gasteiger partial charge in [-0.05, 0) is 22.0 Å². The Morgan fingerprint density at radius 1 is 1.55 bits per heavy atom. The lowest BCUT2D eigenvalue weighted by Crippen LogP contribution is -2.31. The maximum absolute atomic E-state index is 12.6. The van der Waals surface area contributed by atoms with Crippen molar-refractivity contribution in [1.82, 2.24) is 9.62 Å². The highest BCUT2D eigenvalue weighted by Crippen LogP contribution is 2.33. The van der Waals surface area contributed by atoms with E-state index in [0.717, 1.165) is 4.88 Å². The molecule has 0 amide bonds. The number of sulfonamides is 1. The lowest BCUT2D eigenvalue weighted by atomic mass is 10.4. The van der Waals surface area contributed by atoms with Crippen LogP contribution in [0.25, 0.3) is 0 Å². The molecule has 0 saturated carbocycles. The van der Waals surface area contributed by atoms with E-state index in [9.17, 15) is 8.42 Å². The number of hydrogen-bond donors (Lipinski definition) is 1. The monoisotopic (exact) mass is 380 g/mol. The fraction of sp³-hybridized carbons (Fsp3) is 0.538. The quantitative estimate of drug-likeness (QED) is 0.704. The zero-order valence-electron chi connectivity index (χ0n) is 12.0. The van der Waals surface area contributed by atoms with Crippen molar-refractivity contribution in [3.05, 3.63) is 27.4 Å². The van der Waals surface area contributed by atoms with Crippen molar-refractivity contribution in [2.45, 2.75) is 38.3 Å². The molecular weight excluding hydrogens is 360 g/mol. The standard InChI is InChI=1S/C13H21BrN2O2S2/c1-5-7-16(6-2)20(17,18)12-8-11(19-13(12)14)9-15-10(3)4/h5,8,10,15H,1,6-7,9H2,2-4H3. The van der Waals surface area contributed by atoms with Gasteiger partial charge in [0, 0.05) is 30.6 Å². The second-order valence-corrected chi connectivity index (χ2v) is 8.99. The summed E-state index contributed by atoms with van der Waals surface area (Å²) in [6.07, 6.45) is 1.60. The van der Waals surface area contributed by atoms with Crippen LogP contribution < -0.4 is 5.32 Å². The molecule has 0 aromatic carbocycles. The smallest absolute Gasteiger partial charge is 0.245 e. The van der Waals surface area contributed by atoms with Gasteiger partial charge >= 0.3 is 0 Å². The number of likely N-dealkylation sites (N-methyl/N-ethyl adjacent to an activating group) is 1. The summed E-state index contributed by atoms with van der Waals surface area (Å²) in [5.74, 6) is 0. The first kappa shape index (κ1) is 17.8. The topological polar surface area (TPSA) is 49.4 Å². The zero-order chi connectivity index (χ0) is 15.3. The van der Waals surface area contributed by atoms with Gasteiger partial charge in [0.15, 0.2) is 0 Å². The molecule has 0 atom stereocenters. The third-order valence-electron chi connectivity index (χ3n) is 2.69. The largest absolute Gasteiger partial charge is 0.310 e. The van der Waals surface area contributed by atoms with Crippen LogP contribution in [-0.4, -0.2) is 31.9 Å². The number of hydrogen-bond acceptors (Lipinski definition) is 4. The predicted molar refractivity (Wildman–Crippen MR) is 88.6 cm³/mol. The van der Waals surface area contributed by atoms with Crippen LogP contribution in [-0.2, 0) is 16.6 Å². The predicted octanol–water partition coefficient (Wildman–Crippen LogP) is 3.21. The highest BCUT2D eigenvalue weighted by Gasteiger charge is 2.26. The summed E-state index contributed by atoms with van der Waals surface area (Å²) in [7, 11) is -3.46. The van der Waals surface area contributed by atoms with Gasteiger partial charge in [-0.25, -0.2) is 8.42 Å². The van der Waals surface area contributed by atoms with Crippen molar-refractivity contribution >= 4 is 37.3 Å². The molecule has 0 aliphatic heterocycles. The molecule has 20 heavy (non-hydrogen) atoms. The Morgan fingerprint density at radius 2 is 2.20 bits per heavy atom. The van der Waals surface area contributed by atoms with Crippen molar-refractivity contribution < 1.29 is 8.42 Å². The van der Waals surface area contributed by atoms with E-state index in [0.29, 0.717) is 34.4 Å². The van der Waals surface area contributed by atoms with Gasteiger partial charge < -0.3 is 5.32 Å². The van der Waals surface area contributed by atoms with E-state index in [1.54, 1.807) is 12.1 Å². The van der Waals surface area contributed by atoms with Crippen LogP contribution in [0.4, 0.5) is 0 Å². The van der Waals surface area contributed by atoms with E-state index in [1.165, 1.54) is 15.6 Å². The van der Waals surface area contributed by atoms with Gasteiger partial charge in [-0.3, -0.25) is 0 Å². The Hall–Kier alpha value is -0.210. The van der Waals surface area contributed by atoms with E-state index >= 15 is 0 Å². The van der Waals surface area contributed by atoms with Crippen molar-refractivity contribution in [3.63, 3.8) is 0 Å². The van der Waals surface area contributed by atoms with Crippen molar-refractivity contribution in [2.24, 2.45) is 0 Å². The second-order valence-electron chi connectivity index (χ2n) is 4.63. The van der Waals surface area contributed by atoms with Gasteiger partial charge in [0.2, 0.25) is 10.0 Å². The lowest BCUT2D eigenvalue weighted by molar-refractivity contribution is 0.460. The van der Waals surface area contributed by atoms with Crippen LogP contribution in [0.2, 0.25) is 0 Å². The van der Waals surface area contributed by atoms with Crippen LogP contribution in [0.1, 0.15) is 25.6 Å². The van der Waals surface area contributed by atoms with Crippen LogP contribution in [0, 0.1) is 0 Å². The molecule has 0 fully saturated rings. The number of nitrogens with one attached hydrogen (secondary N) is 1. The molecule has 1 N–H and O–H groups in total. The first-order chi connectivity index (χ1) is 9.32. The Bertz CT molecular complexity index is 553. The first-order valence-electron chi connectivity index (χ1n) is 6.45. The summed E-state index contributed by atoms with van der Waals surface area (Å²) in [6, 6.07) is 2.11. The molecule has 1 rings (SSSR count). The number of nitrogens with zero attached hydrogens (tertiary/aromatic N) is 1. The van der Waals surface area contributed by atoms with Crippen molar-refractivity contribution in [3.8, 4) is 0 Å². The molecule has 7 heteroatoms. The minimum Gasteiger partial charge on any atom is -0.310 e. The second kappa shape index (κ2) is 7.70. The number of thiophene rings is 1. The first-order valence-corrected chi connectivity index (χ1v) is 9.50. The Morgan fingerprint density at radius 3 is 2.70 bits per heavy atom. The molecular formula is C13H21BrN2O2S2. The summed E-state index contributed by atoms with van der Waals surface area (Å²) in [4.78, 5) is 1.34. The fourth-order valence-corrected chi connectivity index (χ4v) is 5.65. The molecule has 0 aliphatic carbocycles. The van der Waals surface area contributed by atoms with Crippen LogP contribution in [0.3, 0.4) is 0 Å². The van der Waals surface area contributed by atoms with Gasteiger partial charge in [-0.1, -0.05) is 26.8 Å². The van der Waals surface area contributed by atoms with Crippen LogP contribution >= 0.6 is 27.3 Å². The van der Waals surface area contributed by atoms with Gasteiger partial charge in [-0.15, -0.1) is 17.9 Å². The lowest BCUT2D eigenvalue weighted by Gasteiger charge is -2.18. The zero-order valence-corrected chi connectivity index (χ0v) is 15.2. The van der Waals surface area contributed by atoms with Gasteiger partial charge in [0.05, 0.1) is 3.79 Å². The molecule has 0 unspecified atom stereocenters. The minimum absolute atomic E-state index is 0.320. The number of rotatable bonds is 8. The molecule has 0 radical (unpaired) electrons. The Kier molecular flexibility index (Phi) is 6.87. The van der Waals surface area contributed by atoms with Crippen LogP contribution in [0.15, 0.2) is 27.4 Å². The summed E-state index contributed by atoms with van der Waals surface area (Å²) >= 11 is 4.82. The minimum atomic E-state index is -3.46. The van der Waals surface area contributed by atoms with Gasteiger partial charge in [0.1, 0.15) is 4.90 Å². The average Bonchev–Trinajstić information content (AvgIpc) is 2.75. The summed E-state index contributed by atoms with van der Waals surface area (Å²) < 4.78 is 27.2.